The Hall–Kier alpha value is -4.09. The second kappa shape index (κ2) is 18.5. The predicted octanol–water partition coefficient (Wildman–Crippen LogP) is 0.760. The van der Waals surface area contributed by atoms with Crippen molar-refractivity contribution in [1.29, 1.82) is 0 Å². The van der Waals surface area contributed by atoms with Crippen molar-refractivity contribution in [3.05, 3.63) is 35.9 Å². The van der Waals surface area contributed by atoms with Crippen LogP contribution in [-0.4, -0.2) is 114 Å². The summed E-state index contributed by atoms with van der Waals surface area (Å²) in [6.07, 6.45) is -2.39. The number of hydrogen-bond acceptors (Lipinski definition) is 13. The molecule has 0 aliphatic carbocycles. The third-order valence-electron chi connectivity index (χ3n) is 7.18. The molecule has 0 bridgehead atoms. The van der Waals surface area contributed by atoms with Gasteiger partial charge in [0.15, 0.2) is 0 Å². The molecule has 266 valence electrons. The Morgan fingerprint density at radius 3 is 2.42 bits per heavy atom. The van der Waals surface area contributed by atoms with Crippen molar-refractivity contribution in [1.82, 2.24) is 10.2 Å². The average molecular weight is 680 g/mol. The topological polar surface area (TPSA) is 219 Å². The summed E-state index contributed by atoms with van der Waals surface area (Å²) in [6.45, 7) is 5.79. The monoisotopic (exact) mass is 679 g/mol. The van der Waals surface area contributed by atoms with Gasteiger partial charge in [-0.1, -0.05) is 12.5 Å². The predicted molar refractivity (Wildman–Crippen MR) is 167 cm³/mol. The summed E-state index contributed by atoms with van der Waals surface area (Å²) in [5.74, 6) is -0.981. The van der Waals surface area contributed by atoms with Gasteiger partial charge >= 0.3 is 12.1 Å². The van der Waals surface area contributed by atoms with Crippen LogP contribution in [0.15, 0.2) is 30.4 Å². The molecule has 1 saturated heterocycles. The molecule has 3 rings (SSSR count). The second-order valence-corrected chi connectivity index (χ2v) is 12.2. The standard InChI is InChI=1S/C32H45N3O13/c1-32(2,3)30(42)47-18-20-8-9-21(34-31(43)48-29-28(41)27(40)22(36)19-46-29)23(17-20)45-16-15-44-14-12-33-24(37)7-5-4-6-13-35-25(38)10-11-26(35)39/h8-11,17,22,27-29,36,40-41H,4-7,12-16,18-19H2,1-3H3,(H,33,37)(H,34,43)/t22-,27+,28-,29+/m1/s1. The number of nitrogens with zero attached hydrogens (tertiary/aromatic N) is 1. The van der Waals surface area contributed by atoms with Crippen LogP contribution in [0.5, 0.6) is 5.75 Å². The number of imide groups is 1. The van der Waals surface area contributed by atoms with E-state index in [0.29, 0.717) is 37.8 Å². The molecule has 5 N–H and O–H groups in total. The van der Waals surface area contributed by atoms with E-state index >= 15 is 0 Å². The molecule has 1 aromatic carbocycles. The smallest absolute Gasteiger partial charge is 0.414 e. The maximum atomic E-state index is 12.6. The molecule has 0 aromatic heterocycles. The van der Waals surface area contributed by atoms with E-state index in [1.165, 1.54) is 23.1 Å². The Bertz CT molecular complexity index is 1290. The SMILES string of the molecule is CC(C)(C)C(=O)OCc1ccc(NC(=O)O[C@@H]2OC[C@@H](O)[C@H](O)[C@H]2O)c(OCCOCCNC(=O)CCCCCN2C(=O)C=CC2=O)c1. The van der Waals surface area contributed by atoms with Crippen LogP contribution in [0.4, 0.5) is 10.5 Å². The molecule has 0 spiro atoms. The molecule has 48 heavy (non-hydrogen) atoms. The summed E-state index contributed by atoms with van der Waals surface area (Å²) in [5, 5.41) is 34.7. The highest BCUT2D eigenvalue weighted by Crippen LogP contribution is 2.28. The van der Waals surface area contributed by atoms with Crippen molar-refractivity contribution >= 4 is 35.5 Å². The van der Waals surface area contributed by atoms with E-state index < -0.39 is 42.1 Å². The molecule has 0 radical (unpaired) electrons. The summed E-state index contributed by atoms with van der Waals surface area (Å²) in [6, 6.07) is 4.68. The van der Waals surface area contributed by atoms with Gasteiger partial charge in [-0.2, -0.15) is 0 Å². The molecule has 4 amide bonds. The zero-order valence-corrected chi connectivity index (χ0v) is 27.3. The lowest BCUT2D eigenvalue weighted by molar-refractivity contribution is -0.249. The summed E-state index contributed by atoms with van der Waals surface area (Å²) in [7, 11) is 0. The van der Waals surface area contributed by atoms with Gasteiger partial charge in [-0.3, -0.25) is 29.4 Å². The van der Waals surface area contributed by atoms with E-state index in [-0.39, 0.29) is 68.7 Å². The lowest BCUT2D eigenvalue weighted by Crippen LogP contribution is -2.54. The first kappa shape index (κ1) is 38.4. The fourth-order valence-corrected chi connectivity index (χ4v) is 4.42. The van der Waals surface area contributed by atoms with Crippen LogP contribution in [0.25, 0.3) is 0 Å². The number of hydrogen-bond donors (Lipinski definition) is 5. The van der Waals surface area contributed by atoms with Crippen LogP contribution in [0.1, 0.15) is 52.0 Å². The molecule has 2 aliphatic heterocycles. The first-order chi connectivity index (χ1) is 22.8. The van der Waals surface area contributed by atoms with Crippen LogP contribution in [0.3, 0.4) is 0 Å². The van der Waals surface area contributed by atoms with Crippen LogP contribution >= 0.6 is 0 Å². The van der Waals surface area contributed by atoms with Gasteiger partial charge < -0.3 is 44.3 Å². The molecule has 0 unspecified atom stereocenters. The Morgan fingerprint density at radius 1 is 0.979 bits per heavy atom. The fourth-order valence-electron chi connectivity index (χ4n) is 4.42. The van der Waals surface area contributed by atoms with Crippen LogP contribution in [-0.2, 0) is 44.7 Å². The largest absolute Gasteiger partial charge is 0.489 e. The fraction of sp³-hybridized carbons (Fsp3) is 0.594. The zero-order chi connectivity index (χ0) is 35.3. The van der Waals surface area contributed by atoms with Crippen molar-refractivity contribution in [2.75, 3.05) is 44.8 Å². The Balaban J connectivity index is 1.41. The number of aliphatic hydroxyl groups is 3. The van der Waals surface area contributed by atoms with Gasteiger partial charge in [0.2, 0.25) is 12.2 Å². The van der Waals surface area contributed by atoms with Gasteiger partial charge in [0.25, 0.3) is 11.8 Å². The number of unbranched alkanes of at least 4 members (excludes halogenated alkanes) is 2. The Kier molecular flexibility index (Phi) is 14.7. The van der Waals surface area contributed by atoms with E-state index in [9.17, 15) is 39.3 Å². The quantitative estimate of drug-likeness (QED) is 0.0874. The third-order valence-corrected chi connectivity index (χ3v) is 7.18. The number of anilines is 1. The first-order valence-corrected chi connectivity index (χ1v) is 15.7. The highest BCUT2D eigenvalue weighted by molar-refractivity contribution is 6.12. The van der Waals surface area contributed by atoms with Crippen LogP contribution in [0, 0.1) is 5.41 Å². The van der Waals surface area contributed by atoms with Crippen molar-refractivity contribution in [2.24, 2.45) is 5.41 Å². The number of benzene rings is 1. The molecule has 1 aromatic rings. The molecule has 16 heteroatoms. The van der Waals surface area contributed by atoms with Crippen molar-refractivity contribution in [2.45, 2.75) is 77.7 Å². The lowest BCUT2D eigenvalue weighted by Gasteiger charge is -2.34. The number of amides is 4. The Labute approximate surface area is 278 Å². The number of aliphatic hydroxyl groups excluding tert-OH is 3. The van der Waals surface area contributed by atoms with Crippen LogP contribution in [0.2, 0.25) is 0 Å². The molecular formula is C32H45N3O13. The summed E-state index contributed by atoms with van der Waals surface area (Å²) in [4.78, 5) is 61.1. The highest BCUT2D eigenvalue weighted by atomic mass is 16.7. The Morgan fingerprint density at radius 2 is 1.71 bits per heavy atom. The van der Waals surface area contributed by atoms with Crippen molar-refractivity contribution < 1.29 is 63.0 Å². The van der Waals surface area contributed by atoms with E-state index in [0.717, 1.165) is 0 Å². The molecule has 2 aliphatic rings. The van der Waals surface area contributed by atoms with Crippen molar-refractivity contribution in [3.63, 3.8) is 0 Å². The molecule has 2 heterocycles. The third kappa shape index (κ3) is 12.2. The van der Waals surface area contributed by atoms with Gasteiger partial charge in [-0.05, 0) is 51.3 Å². The normalized spacial score (nSPS) is 20.8. The number of carbonyl (C=O) groups is 5. The van der Waals surface area contributed by atoms with E-state index in [4.69, 9.17) is 23.7 Å². The summed E-state index contributed by atoms with van der Waals surface area (Å²) in [5.41, 5.74) is 0.0514. The molecular weight excluding hydrogens is 634 g/mol. The number of esters is 1. The molecule has 16 nitrogen and oxygen atoms in total. The highest BCUT2D eigenvalue weighted by Gasteiger charge is 2.40. The second-order valence-electron chi connectivity index (χ2n) is 12.2. The minimum absolute atomic E-state index is 0.0506. The first-order valence-electron chi connectivity index (χ1n) is 15.7. The van der Waals surface area contributed by atoms with Gasteiger partial charge in [0.05, 0.1) is 30.9 Å². The molecule has 1 fully saturated rings. The number of carbonyl (C=O) groups excluding carboxylic acids is 5. The maximum absolute atomic E-state index is 12.6. The zero-order valence-electron chi connectivity index (χ0n) is 27.3. The maximum Gasteiger partial charge on any atom is 0.414 e. The minimum Gasteiger partial charge on any atom is -0.489 e. The van der Waals surface area contributed by atoms with Crippen molar-refractivity contribution in [3.8, 4) is 5.75 Å². The summed E-state index contributed by atoms with van der Waals surface area (Å²) >= 11 is 0. The van der Waals surface area contributed by atoms with E-state index in [2.05, 4.69) is 10.6 Å². The molecule has 4 atom stereocenters. The van der Waals surface area contributed by atoms with E-state index in [1.54, 1.807) is 32.9 Å². The van der Waals surface area contributed by atoms with Gasteiger partial charge in [0, 0.05) is 31.7 Å². The van der Waals surface area contributed by atoms with Gasteiger partial charge in [-0.15, -0.1) is 0 Å². The average Bonchev–Trinajstić information content (AvgIpc) is 3.36. The van der Waals surface area contributed by atoms with E-state index in [1.807, 2.05) is 0 Å². The minimum atomic E-state index is -1.67. The van der Waals surface area contributed by atoms with Gasteiger partial charge in [-0.25, -0.2) is 4.79 Å². The van der Waals surface area contributed by atoms with Gasteiger partial charge in [0.1, 0.15) is 37.3 Å². The van der Waals surface area contributed by atoms with Crippen LogP contribution < -0.4 is 15.4 Å². The molecule has 0 saturated carbocycles. The number of ether oxygens (including phenoxy) is 5. The lowest BCUT2D eigenvalue weighted by atomic mass is 9.97. The summed E-state index contributed by atoms with van der Waals surface area (Å²) < 4.78 is 26.9. The number of nitrogens with one attached hydrogen (secondary N) is 2. The number of rotatable bonds is 17.